The number of anilines is 3. The smallest absolute Gasteiger partial charge is 0.101 e. The maximum atomic E-state index is 8.96. The Labute approximate surface area is 115 Å². The molecule has 4 nitrogen and oxygen atoms in total. The lowest BCUT2D eigenvalue weighted by Gasteiger charge is -2.10. The molecule has 2 aromatic carbocycles. The summed E-state index contributed by atoms with van der Waals surface area (Å²) in [4.78, 5) is 0. The molecule has 0 aliphatic heterocycles. The molecule has 3 N–H and O–H groups in total. The molecule has 0 atom stereocenters. The Balaban J connectivity index is 2.34. The van der Waals surface area contributed by atoms with Crippen LogP contribution in [-0.2, 0) is 0 Å². The lowest BCUT2D eigenvalue weighted by atomic mass is 10.1. The number of hydrogen-bond acceptors (Lipinski definition) is 4. The fourth-order valence-corrected chi connectivity index (χ4v) is 1.80. The topological polar surface area (TPSA) is 85.6 Å². The molecule has 0 aliphatic carbocycles. The standard InChI is InChI=1S/C14H9ClN4/c15-11-2-4-14(13(18)6-11)19-12-3-1-9(7-16)10(5-12)8-17/h1-6,19H,18H2. The van der Waals surface area contributed by atoms with E-state index in [4.69, 9.17) is 27.9 Å². The van der Waals surface area contributed by atoms with Crippen LogP contribution in [0.2, 0.25) is 5.02 Å². The summed E-state index contributed by atoms with van der Waals surface area (Å²) in [6.07, 6.45) is 0. The third-order valence-corrected chi connectivity index (χ3v) is 2.79. The Morgan fingerprint density at radius 3 is 2.37 bits per heavy atom. The van der Waals surface area contributed by atoms with E-state index in [-0.39, 0.29) is 0 Å². The molecule has 5 heteroatoms. The van der Waals surface area contributed by atoms with Gasteiger partial charge in [0.15, 0.2) is 0 Å². The van der Waals surface area contributed by atoms with Crippen molar-refractivity contribution in [2.75, 3.05) is 11.1 Å². The highest BCUT2D eigenvalue weighted by molar-refractivity contribution is 6.31. The van der Waals surface area contributed by atoms with Crippen LogP contribution in [0.3, 0.4) is 0 Å². The number of rotatable bonds is 2. The largest absolute Gasteiger partial charge is 0.397 e. The van der Waals surface area contributed by atoms with Crippen LogP contribution >= 0.6 is 11.6 Å². The summed E-state index contributed by atoms with van der Waals surface area (Å²) in [7, 11) is 0. The van der Waals surface area contributed by atoms with Crippen LogP contribution in [0.15, 0.2) is 36.4 Å². The summed E-state index contributed by atoms with van der Waals surface area (Å²) < 4.78 is 0. The third-order valence-electron chi connectivity index (χ3n) is 2.55. The minimum absolute atomic E-state index is 0.319. The second-order valence-corrected chi connectivity index (χ2v) is 4.28. The van der Waals surface area contributed by atoms with Crippen molar-refractivity contribution >= 4 is 28.7 Å². The van der Waals surface area contributed by atoms with Crippen LogP contribution in [0.5, 0.6) is 0 Å². The predicted molar refractivity (Wildman–Crippen MR) is 75.0 cm³/mol. The second-order valence-electron chi connectivity index (χ2n) is 3.84. The zero-order chi connectivity index (χ0) is 13.8. The number of nitriles is 2. The van der Waals surface area contributed by atoms with Gasteiger partial charge in [-0.1, -0.05) is 11.6 Å². The third kappa shape index (κ3) is 2.77. The average Bonchev–Trinajstić information content (AvgIpc) is 2.41. The molecular formula is C14H9ClN4. The fraction of sp³-hybridized carbons (Fsp3) is 0. The van der Waals surface area contributed by atoms with Gasteiger partial charge in [0.05, 0.1) is 22.5 Å². The van der Waals surface area contributed by atoms with E-state index < -0.39 is 0 Å². The Morgan fingerprint density at radius 1 is 1.00 bits per heavy atom. The summed E-state index contributed by atoms with van der Waals surface area (Å²) in [5.74, 6) is 0. The van der Waals surface area contributed by atoms with Crippen molar-refractivity contribution in [2.24, 2.45) is 0 Å². The molecule has 0 unspecified atom stereocenters. The lowest BCUT2D eigenvalue weighted by molar-refractivity contribution is 1.42. The summed E-state index contributed by atoms with van der Waals surface area (Å²) >= 11 is 5.82. The Hall–Kier alpha value is -2.69. The van der Waals surface area contributed by atoms with Gasteiger partial charge in [-0.05, 0) is 36.4 Å². The number of benzene rings is 2. The van der Waals surface area contributed by atoms with Gasteiger partial charge in [0.2, 0.25) is 0 Å². The van der Waals surface area contributed by atoms with E-state index >= 15 is 0 Å². The molecule has 0 saturated carbocycles. The molecular weight excluding hydrogens is 260 g/mol. The predicted octanol–water partition coefficient (Wildman–Crippen LogP) is 3.41. The molecule has 2 rings (SSSR count). The van der Waals surface area contributed by atoms with Gasteiger partial charge in [-0.25, -0.2) is 0 Å². The maximum absolute atomic E-state index is 8.96. The molecule has 19 heavy (non-hydrogen) atoms. The Bertz CT molecular complexity index is 710. The minimum Gasteiger partial charge on any atom is -0.397 e. The van der Waals surface area contributed by atoms with Crippen LogP contribution in [0.25, 0.3) is 0 Å². The molecule has 0 heterocycles. The first-order valence-corrected chi connectivity index (χ1v) is 5.78. The van der Waals surface area contributed by atoms with E-state index in [1.165, 1.54) is 0 Å². The van der Waals surface area contributed by atoms with Crippen molar-refractivity contribution in [3.05, 3.63) is 52.5 Å². The Kier molecular flexibility index (Phi) is 3.56. The molecule has 0 aromatic heterocycles. The van der Waals surface area contributed by atoms with Gasteiger partial charge < -0.3 is 11.1 Å². The first-order chi connectivity index (χ1) is 9.13. The Morgan fingerprint density at radius 2 is 1.74 bits per heavy atom. The molecule has 0 amide bonds. The van der Waals surface area contributed by atoms with E-state index in [2.05, 4.69) is 5.32 Å². The van der Waals surface area contributed by atoms with Gasteiger partial charge in [-0.3, -0.25) is 0 Å². The zero-order valence-corrected chi connectivity index (χ0v) is 10.6. The van der Waals surface area contributed by atoms with E-state index in [1.54, 1.807) is 36.4 Å². The molecule has 0 aliphatic rings. The van der Waals surface area contributed by atoms with Gasteiger partial charge in [-0.15, -0.1) is 0 Å². The summed E-state index contributed by atoms with van der Waals surface area (Å²) in [5.41, 5.74) is 8.38. The zero-order valence-electron chi connectivity index (χ0n) is 9.81. The number of halogens is 1. The van der Waals surface area contributed by atoms with Gasteiger partial charge in [0, 0.05) is 10.7 Å². The van der Waals surface area contributed by atoms with E-state index in [1.807, 2.05) is 12.1 Å². The first kappa shape index (κ1) is 12.8. The summed E-state index contributed by atoms with van der Waals surface area (Å²) in [6, 6.07) is 14.0. The van der Waals surface area contributed by atoms with Crippen molar-refractivity contribution in [3.63, 3.8) is 0 Å². The van der Waals surface area contributed by atoms with Crippen LogP contribution in [0.1, 0.15) is 11.1 Å². The van der Waals surface area contributed by atoms with Crippen molar-refractivity contribution in [2.45, 2.75) is 0 Å². The van der Waals surface area contributed by atoms with Crippen LogP contribution < -0.4 is 11.1 Å². The highest BCUT2D eigenvalue weighted by atomic mass is 35.5. The average molecular weight is 269 g/mol. The minimum atomic E-state index is 0.319. The van der Waals surface area contributed by atoms with E-state index in [0.29, 0.717) is 33.2 Å². The number of nitrogen functional groups attached to an aromatic ring is 1. The SMILES string of the molecule is N#Cc1ccc(Nc2ccc(Cl)cc2N)cc1C#N. The highest BCUT2D eigenvalue weighted by Gasteiger charge is 2.05. The molecule has 0 bridgehead atoms. The van der Waals surface area contributed by atoms with E-state index in [0.717, 1.165) is 0 Å². The van der Waals surface area contributed by atoms with Crippen molar-refractivity contribution in [1.82, 2.24) is 0 Å². The monoisotopic (exact) mass is 268 g/mol. The molecule has 0 saturated heterocycles. The normalized spacial score (nSPS) is 9.42. The van der Waals surface area contributed by atoms with Gasteiger partial charge >= 0.3 is 0 Å². The molecule has 0 fully saturated rings. The molecule has 0 spiro atoms. The maximum Gasteiger partial charge on any atom is 0.101 e. The fourth-order valence-electron chi connectivity index (χ4n) is 1.61. The summed E-state index contributed by atoms with van der Waals surface area (Å²) in [6.45, 7) is 0. The van der Waals surface area contributed by atoms with Crippen molar-refractivity contribution < 1.29 is 0 Å². The van der Waals surface area contributed by atoms with E-state index in [9.17, 15) is 0 Å². The quantitative estimate of drug-likeness (QED) is 0.817. The molecule has 0 radical (unpaired) electrons. The number of nitrogens with one attached hydrogen (secondary N) is 1. The van der Waals surface area contributed by atoms with Gasteiger partial charge in [0.1, 0.15) is 12.1 Å². The number of nitrogens with zero attached hydrogens (tertiary/aromatic N) is 2. The number of nitrogens with two attached hydrogens (primary N) is 1. The van der Waals surface area contributed by atoms with Crippen LogP contribution in [0.4, 0.5) is 17.1 Å². The highest BCUT2D eigenvalue weighted by Crippen LogP contribution is 2.26. The van der Waals surface area contributed by atoms with Gasteiger partial charge in [0.25, 0.3) is 0 Å². The van der Waals surface area contributed by atoms with Crippen molar-refractivity contribution in [3.8, 4) is 12.1 Å². The van der Waals surface area contributed by atoms with Crippen LogP contribution in [-0.4, -0.2) is 0 Å². The molecule has 92 valence electrons. The molecule has 2 aromatic rings. The first-order valence-electron chi connectivity index (χ1n) is 5.40. The van der Waals surface area contributed by atoms with Crippen molar-refractivity contribution in [1.29, 1.82) is 10.5 Å². The van der Waals surface area contributed by atoms with Gasteiger partial charge in [-0.2, -0.15) is 10.5 Å². The van der Waals surface area contributed by atoms with Crippen LogP contribution in [0, 0.1) is 22.7 Å². The number of hydrogen-bond donors (Lipinski definition) is 2. The lowest BCUT2D eigenvalue weighted by Crippen LogP contribution is -1.97. The summed E-state index contributed by atoms with van der Waals surface area (Å²) in [5, 5.41) is 21.4. The second kappa shape index (κ2) is 5.30.